The maximum Gasteiger partial charge on any atom is 0.737 e. The molecule has 1 saturated carbocycles. The predicted molar refractivity (Wildman–Crippen MR) is 284 cm³/mol. The topological polar surface area (TPSA) is 162 Å². The number of fused-ring (bicyclic) bond motifs is 8. The van der Waals surface area contributed by atoms with Crippen molar-refractivity contribution in [1.29, 1.82) is 0 Å². The average Bonchev–Trinajstić information content (AvgIpc) is 4.40. The monoisotopic (exact) mass is 1040 g/mol. The number of rotatable bonds is 10. The maximum atomic E-state index is 16.5. The van der Waals surface area contributed by atoms with E-state index in [1.165, 1.54) is 14.2 Å². The second-order valence-electron chi connectivity index (χ2n) is 23.2. The zero-order valence-electron chi connectivity index (χ0n) is 44.8. The van der Waals surface area contributed by atoms with E-state index < -0.39 is 70.5 Å². The number of aliphatic hydroxyl groups is 2. The molecular weight excluding hydrogens is 973 g/mol. The van der Waals surface area contributed by atoms with Crippen molar-refractivity contribution in [2.45, 2.75) is 119 Å². The van der Waals surface area contributed by atoms with E-state index in [0.29, 0.717) is 105 Å². The predicted octanol–water partition coefficient (Wildman–Crippen LogP) is 6.42. The van der Waals surface area contributed by atoms with Gasteiger partial charge in [0.2, 0.25) is 5.60 Å². The van der Waals surface area contributed by atoms with Gasteiger partial charge in [-0.15, -0.1) is 0 Å². The van der Waals surface area contributed by atoms with Crippen LogP contribution < -0.4 is 9.64 Å². The molecule has 15 nitrogen and oxygen atoms in total. The van der Waals surface area contributed by atoms with Gasteiger partial charge >= 0.3 is 24.9 Å². The molecule has 2 bridgehead atoms. The van der Waals surface area contributed by atoms with E-state index in [1.807, 2.05) is 69.1 Å². The van der Waals surface area contributed by atoms with E-state index in [9.17, 15) is 15.0 Å². The zero-order chi connectivity index (χ0) is 53.6. The molecule has 1 spiro atoms. The van der Waals surface area contributed by atoms with Crippen molar-refractivity contribution in [3.63, 3.8) is 0 Å². The number of hydrogen-bond acceptors (Lipinski definition) is 12. The number of carbonyl (C=O) groups is 3. The van der Waals surface area contributed by atoms with Gasteiger partial charge in [-0.1, -0.05) is 44.2 Å². The number of benzene rings is 2. The summed E-state index contributed by atoms with van der Waals surface area (Å²) in [6.45, 7) is 6.13. The number of hydrogen-bond donors (Lipinski definition) is 3. The summed E-state index contributed by atoms with van der Waals surface area (Å²) < 4.78 is 59.9. The van der Waals surface area contributed by atoms with Crippen molar-refractivity contribution in [2.75, 3.05) is 66.0 Å². The number of ether oxygens (including phenoxy) is 4. The van der Waals surface area contributed by atoms with Crippen molar-refractivity contribution < 1.29 is 56.7 Å². The van der Waals surface area contributed by atoms with Crippen LogP contribution in [0.25, 0.3) is 17.0 Å². The number of aromatic nitrogens is 2. The standard InChI is InChI=1S/C58H69BF2N6O9/c1-9-54(71)30-36-31-57(52(69)74-7,48-40(20-24-64(32-36)33-54)39-14-11-12-15-43(39)62-48)42-28-41-45(29-46(42)73-6)63(5)50-56(41)22-25-65-23-13-21-55(10-2,49(56)65)51(58(50,72)53(70)75-8)76-47(68)19-18-37-16-17-38-27-44-34(3)26-35(4)66(44)59(60,61)67(37)38/h11-17,21,26-29,36,49-51,62,71-72H,9-10,18-20,22-25,30-33H2,1-8H3/t36-,49?,50?,51-,54+,55-,56-,57+,58+/m1/s1. The van der Waals surface area contributed by atoms with Gasteiger partial charge in [0.25, 0.3) is 0 Å². The minimum absolute atomic E-state index is 0.0928. The number of aromatic amines is 1. The van der Waals surface area contributed by atoms with Gasteiger partial charge in [0.1, 0.15) is 16.9 Å². The Morgan fingerprint density at radius 1 is 0.934 bits per heavy atom. The third kappa shape index (κ3) is 6.65. The molecule has 3 fully saturated rings. The number of likely N-dealkylation sites (N-methyl/N-ethyl adjacent to an activating group) is 1. The van der Waals surface area contributed by atoms with Crippen molar-refractivity contribution in [3.8, 4) is 5.75 Å². The third-order valence-corrected chi connectivity index (χ3v) is 19.6. The third-order valence-electron chi connectivity index (χ3n) is 19.6. The summed E-state index contributed by atoms with van der Waals surface area (Å²) in [5.41, 5.74) is -0.436. The Kier molecular flexibility index (Phi) is 11.7. The number of nitrogens with one attached hydrogen (secondary N) is 1. The number of carbonyl (C=O) groups excluding carboxylic acids is 3. The van der Waals surface area contributed by atoms with E-state index in [-0.39, 0.29) is 30.9 Å². The van der Waals surface area contributed by atoms with Gasteiger partial charge in [-0.25, -0.2) is 4.79 Å². The summed E-state index contributed by atoms with van der Waals surface area (Å²) in [7, 11) is 6.03. The molecule has 18 heteroatoms. The zero-order valence-corrected chi connectivity index (χ0v) is 44.8. The summed E-state index contributed by atoms with van der Waals surface area (Å²) in [4.78, 5) is 55.6. The van der Waals surface area contributed by atoms with Crippen LogP contribution in [0.3, 0.4) is 0 Å². The van der Waals surface area contributed by atoms with Gasteiger partial charge in [-0.2, -0.15) is 0 Å². The number of esters is 3. The number of aryl methyl sites for hydroxylation is 1. The minimum atomic E-state index is -4.29. The highest BCUT2D eigenvalue weighted by Crippen LogP contribution is 2.68. The van der Waals surface area contributed by atoms with Crippen LogP contribution in [-0.4, -0.2) is 155 Å². The summed E-state index contributed by atoms with van der Waals surface area (Å²) >= 11 is 0. The lowest BCUT2D eigenvalue weighted by Gasteiger charge is -2.63. The first-order chi connectivity index (χ1) is 36.3. The van der Waals surface area contributed by atoms with Crippen LogP contribution in [0.5, 0.6) is 5.75 Å². The lowest BCUT2D eigenvalue weighted by molar-refractivity contribution is -0.362. The number of halogens is 2. The second-order valence-corrected chi connectivity index (χ2v) is 23.2. The summed E-state index contributed by atoms with van der Waals surface area (Å²) in [5, 5.41) is 27.0. The number of para-hydroxylation sites is 1. The quantitative estimate of drug-likeness (QED) is 0.0694. The van der Waals surface area contributed by atoms with Crippen molar-refractivity contribution >= 4 is 53.3 Å². The van der Waals surface area contributed by atoms with Crippen LogP contribution >= 0.6 is 0 Å². The SMILES string of the molecule is CC[C@]1(O)C[C@H]2C[N@](CCc3c([nH]c4ccccc34)[C@@](C(=O)OC)(c3cc4c(cc3OC)N(C)C3[C@]45CCN4CC=C[C@](CC)(C45)[C@@H](OC(=O)CCc4ccc5n4[B-](F)(F)[N+]4=C(C)C=C(C)C4=C5)[C@]3(O)C(=O)OC)C2)C1. The van der Waals surface area contributed by atoms with Gasteiger partial charge in [0.05, 0.1) is 39.4 Å². The normalized spacial score (nSPS) is 33.6. The smallest absolute Gasteiger partial charge is 0.496 e. The highest BCUT2D eigenvalue weighted by Gasteiger charge is 2.80. The van der Waals surface area contributed by atoms with Gasteiger partial charge in [0, 0.05) is 114 Å². The molecule has 76 heavy (non-hydrogen) atoms. The molecule has 2 aromatic heterocycles. The first kappa shape index (κ1) is 50.7. The number of H-pyrrole nitrogens is 1. The number of methoxy groups -OCH3 is 3. The van der Waals surface area contributed by atoms with Gasteiger partial charge in [-0.3, -0.25) is 19.4 Å². The molecule has 10 atom stereocenters. The largest absolute Gasteiger partial charge is 0.737 e. The Morgan fingerprint density at radius 2 is 1.71 bits per heavy atom. The number of piperidine rings is 1. The second kappa shape index (κ2) is 17.5. The van der Waals surface area contributed by atoms with Crippen molar-refractivity contribution in [3.05, 3.63) is 112 Å². The molecule has 402 valence electrons. The number of allylic oxidation sites excluding steroid dienone is 2. The molecule has 0 radical (unpaired) electrons. The fraction of sp³-hybridized carbons (Fsp3) is 0.517. The minimum Gasteiger partial charge on any atom is -0.496 e. The van der Waals surface area contributed by atoms with E-state index >= 15 is 18.2 Å². The fourth-order valence-electron chi connectivity index (χ4n) is 16.7. The van der Waals surface area contributed by atoms with E-state index in [1.54, 1.807) is 38.3 Å². The Labute approximate surface area is 441 Å². The Hall–Kier alpha value is -6.08. The average molecular weight is 1040 g/mol. The molecule has 2 saturated heterocycles. The van der Waals surface area contributed by atoms with Crippen LogP contribution in [0, 0.1) is 11.3 Å². The van der Waals surface area contributed by atoms with Gasteiger partial charge < -0.3 is 56.6 Å². The maximum absolute atomic E-state index is 16.5. The van der Waals surface area contributed by atoms with Gasteiger partial charge in [0.15, 0.2) is 11.8 Å². The molecule has 0 amide bonds. The molecule has 4 aromatic rings. The van der Waals surface area contributed by atoms with E-state index in [4.69, 9.17) is 18.9 Å². The highest BCUT2D eigenvalue weighted by molar-refractivity contribution is 6.58. The first-order valence-corrected chi connectivity index (χ1v) is 27.1. The summed E-state index contributed by atoms with van der Waals surface area (Å²) in [6, 6.07) is 13.7. The molecular formula is C58H69BF2N6O9. The lowest BCUT2D eigenvalue weighted by Crippen LogP contribution is -2.81. The van der Waals surface area contributed by atoms with Crippen LogP contribution in [0.1, 0.15) is 100.0 Å². The molecule has 2 aromatic carbocycles. The van der Waals surface area contributed by atoms with Crippen molar-refractivity contribution in [1.82, 2.24) is 19.3 Å². The number of nitrogens with zero attached hydrogens (tertiary/aromatic N) is 5. The van der Waals surface area contributed by atoms with Crippen LogP contribution in [0.15, 0.2) is 78.0 Å². The van der Waals surface area contributed by atoms with Crippen LogP contribution in [-0.2, 0) is 52.3 Å². The molecule has 3 N–H and O–H groups in total. The Balaban J connectivity index is 1.00. The fourth-order valence-corrected chi connectivity index (χ4v) is 16.7. The molecule has 9 heterocycles. The van der Waals surface area contributed by atoms with Crippen LogP contribution in [0.4, 0.5) is 14.3 Å². The molecule has 2 unspecified atom stereocenters. The highest BCUT2D eigenvalue weighted by atomic mass is 19.2. The van der Waals surface area contributed by atoms with Crippen LogP contribution in [0.2, 0.25) is 0 Å². The molecule has 8 aliphatic rings. The Morgan fingerprint density at radius 3 is 2.45 bits per heavy atom. The van der Waals surface area contributed by atoms with E-state index in [0.717, 1.165) is 36.6 Å². The summed E-state index contributed by atoms with van der Waals surface area (Å²) in [5.74, 6) is -1.99. The number of anilines is 1. The lowest BCUT2D eigenvalue weighted by atomic mass is 9.47. The van der Waals surface area contributed by atoms with Gasteiger partial charge in [-0.05, 0) is 105 Å². The summed E-state index contributed by atoms with van der Waals surface area (Å²) in [6.07, 6.45) is 8.28. The molecule has 7 aliphatic heterocycles. The molecule has 12 rings (SSSR count). The first-order valence-electron chi connectivity index (χ1n) is 27.1. The Bertz CT molecular complexity index is 3270. The van der Waals surface area contributed by atoms with E-state index in [2.05, 4.69) is 26.9 Å². The van der Waals surface area contributed by atoms with Crippen molar-refractivity contribution in [2.24, 2.45) is 11.3 Å². The molecule has 1 aliphatic carbocycles.